The van der Waals surface area contributed by atoms with Crippen LogP contribution in [0.2, 0.25) is 0 Å². The first-order valence-corrected chi connectivity index (χ1v) is 6.13. The molecule has 1 N–H and O–H groups in total. The second kappa shape index (κ2) is 3.40. The standard InChI is InChI=1S/C13H14N4/c1-2-4-15-12(3-1)17-13-10-5-9(6-14-7-10)11(13)8-16-17/h1-4,8-10,14H,5-7H2/t9-,10?/m1/s1. The van der Waals surface area contributed by atoms with E-state index in [4.69, 9.17) is 0 Å². The van der Waals surface area contributed by atoms with Crippen LogP contribution in [-0.4, -0.2) is 27.9 Å². The largest absolute Gasteiger partial charge is 0.315 e. The molecule has 3 heterocycles. The van der Waals surface area contributed by atoms with Gasteiger partial charge in [-0.2, -0.15) is 5.10 Å². The van der Waals surface area contributed by atoms with Crippen LogP contribution in [0.4, 0.5) is 0 Å². The SMILES string of the molecule is c1ccc(-n2ncc3c2C2CNC[C@H]3C2)nc1. The highest BCUT2D eigenvalue weighted by atomic mass is 15.3. The van der Waals surface area contributed by atoms with Gasteiger partial charge in [0.1, 0.15) is 0 Å². The van der Waals surface area contributed by atoms with Gasteiger partial charge in [-0.05, 0) is 24.1 Å². The Bertz CT molecular complexity index is 546. The van der Waals surface area contributed by atoms with Crippen molar-refractivity contribution in [1.29, 1.82) is 0 Å². The molecule has 1 fully saturated rings. The lowest BCUT2D eigenvalue weighted by atomic mass is 9.98. The second-order valence-corrected chi connectivity index (χ2v) is 4.87. The Labute approximate surface area is 99.7 Å². The Balaban J connectivity index is 1.88. The number of rotatable bonds is 1. The van der Waals surface area contributed by atoms with Gasteiger partial charge >= 0.3 is 0 Å². The summed E-state index contributed by atoms with van der Waals surface area (Å²) in [7, 11) is 0. The van der Waals surface area contributed by atoms with Crippen molar-refractivity contribution in [3.8, 4) is 5.82 Å². The highest BCUT2D eigenvalue weighted by molar-refractivity contribution is 5.39. The van der Waals surface area contributed by atoms with Crippen LogP contribution in [0.25, 0.3) is 5.82 Å². The monoisotopic (exact) mass is 226 g/mol. The molecule has 17 heavy (non-hydrogen) atoms. The average Bonchev–Trinajstić information content (AvgIpc) is 2.93. The van der Waals surface area contributed by atoms with Gasteiger partial charge < -0.3 is 5.32 Å². The van der Waals surface area contributed by atoms with E-state index in [1.165, 1.54) is 17.7 Å². The van der Waals surface area contributed by atoms with Gasteiger partial charge in [0.05, 0.1) is 11.9 Å². The first-order chi connectivity index (χ1) is 8.43. The van der Waals surface area contributed by atoms with Crippen LogP contribution in [0.15, 0.2) is 30.6 Å². The van der Waals surface area contributed by atoms with Crippen LogP contribution in [0.3, 0.4) is 0 Å². The van der Waals surface area contributed by atoms with Crippen LogP contribution >= 0.6 is 0 Å². The van der Waals surface area contributed by atoms with Crippen LogP contribution in [-0.2, 0) is 0 Å². The molecule has 4 rings (SSSR count). The number of piperidine rings is 1. The van der Waals surface area contributed by atoms with E-state index in [1.807, 2.05) is 35.3 Å². The molecule has 0 amide bonds. The van der Waals surface area contributed by atoms with Gasteiger partial charge in [-0.3, -0.25) is 0 Å². The predicted octanol–water partition coefficient (Wildman–Crippen LogP) is 1.44. The van der Waals surface area contributed by atoms with Crippen molar-refractivity contribution in [3.63, 3.8) is 0 Å². The molecule has 1 aliphatic heterocycles. The third-order valence-corrected chi connectivity index (χ3v) is 3.88. The molecule has 0 radical (unpaired) electrons. The maximum atomic E-state index is 4.52. The lowest BCUT2D eigenvalue weighted by Crippen LogP contribution is -2.29. The van der Waals surface area contributed by atoms with Crippen molar-refractivity contribution in [2.75, 3.05) is 13.1 Å². The van der Waals surface area contributed by atoms with Gasteiger partial charge in [0, 0.05) is 31.1 Å². The van der Waals surface area contributed by atoms with E-state index in [9.17, 15) is 0 Å². The number of hydrogen-bond acceptors (Lipinski definition) is 3. The average molecular weight is 226 g/mol. The van der Waals surface area contributed by atoms with Crippen molar-refractivity contribution >= 4 is 0 Å². The minimum atomic E-state index is 0.605. The predicted molar refractivity (Wildman–Crippen MR) is 64.3 cm³/mol. The van der Waals surface area contributed by atoms with E-state index < -0.39 is 0 Å². The lowest BCUT2D eigenvalue weighted by Gasteiger charge is -2.20. The number of pyridine rings is 1. The van der Waals surface area contributed by atoms with Gasteiger partial charge in [0.15, 0.2) is 5.82 Å². The molecular weight excluding hydrogens is 212 g/mol. The van der Waals surface area contributed by atoms with Crippen molar-refractivity contribution in [2.45, 2.75) is 18.3 Å². The summed E-state index contributed by atoms with van der Waals surface area (Å²) in [5.41, 5.74) is 2.80. The number of hydrogen-bond donors (Lipinski definition) is 1. The minimum Gasteiger partial charge on any atom is -0.315 e. The summed E-state index contributed by atoms with van der Waals surface area (Å²) in [6.45, 7) is 2.17. The summed E-state index contributed by atoms with van der Waals surface area (Å²) in [5.74, 6) is 2.19. The third kappa shape index (κ3) is 1.27. The van der Waals surface area contributed by atoms with Crippen molar-refractivity contribution in [2.24, 2.45) is 0 Å². The first kappa shape index (κ1) is 9.36. The zero-order chi connectivity index (χ0) is 11.2. The highest BCUT2D eigenvalue weighted by Crippen LogP contribution is 2.43. The number of aromatic nitrogens is 3. The number of nitrogens with zero attached hydrogens (tertiary/aromatic N) is 3. The minimum absolute atomic E-state index is 0.605. The Hall–Kier alpha value is -1.68. The molecule has 1 saturated heterocycles. The van der Waals surface area contributed by atoms with Gasteiger partial charge in [-0.15, -0.1) is 0 Å². The van der Waals surface area contributed by atoms with Crippen LogP contribution in [0, 0.1) is 0 Å². The Morgan fingerprint density at radius 2 is 2.18 bits per heavy atom. The van der Waals surface area contributed by atoms with E-state index in [0.717, 1.165) is 18.9 Å². The van der Waals surface area contributed by atoms with Crippen molar-refractivity contribution < 1.29 is 0 Å². The Morgan fingerprint density at radius 3 is 3.06 bits per heavy atom. The topological polar surface area (TPSA) is 42.7 Å². The van der Waals surface area contributed by atoms with E-state index in [1.54, 1.807) is 0 Å². The molecule has 1 unspecified atom stereocenters. The first-order valence-electron chi connectivity index (χ1n) is 6.13. The molecule has 2 aromatic rings. The lowest BCUT2D eigenvalue weighted by molar-refractivity contribution is 0.442. The molecule has 2 aliphatic rings. The van der Waals surface area contributed by atoms with Crippen molar-refractivity contribution in [1.82, 2.24) is 20.1 Å². The van der Waals surface area contributed by atoms with Gasteiger partial charge in [-0.25, -0.2) is 9.67 Å². The molecule has 4 nitrogen and oxygen atoms in total. The van der Waals surface area contributed by atoms with Gasteiger partial charge in [0.25, 0.3) is 0 Å². The van der Waals surface area contributed by atoms with Crippen molar-refractivity contribution in [3.05, 3.63) is 41.9 Å². The molecule has 2 aromatic heterocycles. The third-order valence-electron chi connectivity index (χ3n) is 3.88. The van der Waals surface area contributed by atoms with Crippen LogP contribution < -0.4 is 5.32 Å². The molecule has 4 heteroatoms. The quantitative estimate of drug-likeness (QED) is 0.800. The maximum absolute atomic E-state index is 4.52. The molecular formula is C13H14N4. The number of fused-ring (bicyclic) bond motifs is 5. The number of nitrogens with one attached hydrogen (secondary N) is 1. The summed E-state index contributed by atoms with van der Waals surface area (Å²) in [5, 5.41) is 8.01. The Morgan fingerprint density at radius 1 is 1.24 bits per heavy atom. The fraction of sp³-hybridized carbons (Fsp3) is 0.385. The fourth-order valence-electron chi connectivity index (χ4n) is 3.14. The van der Waals surface area contributed by atoms with Gasteiger partial charge in [-0.1, -0.05) is 6.07 Å². The summed E-state index contributed by atoms with van der Waals surface area (Å²) in [4.78, 5) is 4.39. The molecule has 0 spiro atoms. The summed E-state index contributed by atoms with van der Waals surface area (Å²) in [6, 6.07) is 5.96. The molecule has 0 saturated carbocycles. The Kier molecular flexibility index (Phi) is 1.87. The highest BCUT2D eigenvalue weighted by Gasteiger charge is 2.37. The van der Waals surface area contributed by atoms with E-state index >= 15 is 0 Å². The summed E-state index contributed by atoms with van der Waals surface area (Å²) in [6.07, 6.45) is 5.12. The van der Waals surface area contributed by atoms with E-state index in [0.29, 0.717) is 11.8 Å². The molecule has 2 bridgehead atoms. The van der Waals surface area contributed by atoms with E-state index in [-0.39, 0.29) is 0 Å². The molecule has 2 atom stereocenters. The van der Waals surface area contributed by atoms with Crippen LogP contribution in [0.1, 0.15) is 29.5 Å². The summed E-state index contributed by atoms with van der Waals surface area (Å²) >= 11 is 0. The smallest absolute Gasteiger partial charge is 0.153 e. The second-order valence-electron chi connectivity index (χ2n) is 4.87. The fourth-order valence-corrected chi connectivity index (χ4v) is 3.14. The maximum Gasteiger partial charge on any atom is 0.153 e. The summed E-state index contributed by atoms with van der Waals surface area (Å²) < 4.78 is 2.02. The molecule has 0 aromatic carbocycles. The van der Waals surface area contributed by atoms with Gasteiger partial charge in [0.2, 0.25) is 0 Å². The van der Waals surface area contributed by atoms with Crippen LogP contribution in [0.5, 0.6) is 0 Å². The molecule has 86 valence electrons. The zero-order valence-corrected chi connectivity index (χ0v) is 9.50. The van der Waals surface area contributed by atoms with E-state index in [2.05, 4.69) is 15.4 Å². The normalized spacial score (nSPS) is 25.9. The zero-order valence-electron chi connectivity index (χ0n) is 9.50. The molecule has 1 aliphatic carbocycles.